The van der Waals surface area contributed by atoms with Gasteiger partial charge in [-0.3, -0.25) is 9.59 Å². The molecule has 0 saturated carbocycles. The van der Waals surface area contributed by atoms with Gasteiger partial charge in [-0.05, 0) is 18.4 Å². The smallest absolute Gasteiger partial charge is 0.322 e. The van der Waals surface area contributed by atoms with Gasteiger partial charge in [-0.1, -0.05) is 0 Å². The summed E-state index contributed by atoms with van der Waals surface area (Å²) in [4.78, 5) is 21.9. The summed E-state index contributed by atoms with van der Waals surface area (Å²) in [7, 11) is 0. The highest BCUT2D eigenvalue weighted by molar-refractivity contribution is 7.08. The van der Waals surface area contributed by atoms with E-state index in [1.54, 1.807) is 23.8 Å². The third-order valence-electron chi connectivity index (χ3n) is 1.32. The van der Waals surface area contributed by atoms with Crippen LogP contribution in [0.3, 0.4) is 0 Å². The Labute approximate surface area is 85.4 Å². The fourth-order valence-electron chi connectivity index (χ4n) is 0.807. The van der Waals surface area contributed by atoms with E-state index in [0.29, 0.717) is 5.75 Å². The second kappa shape index (κ2) is 5.39. The van der Waals surface area contributed by atoms with Gasteiger partial charge in [0.25, 0.3) is 0 Å². The molecule has 0 fully saturated rings. The Hall–Kier alpha value is -1.36. The predicted octanol–water partition coefficient (Wildman–Crippen LogP) is 1.61. The zero-order chi connectivity index (χ0) is 10.4. The van der Waals surface area contributed by atoms with E-state index in [1.807, 2.05) is 0 Å². The molecular formula is C9H10O4S. The van der Waals surface area contributed by atoms with Crippen molar-refractivity contribution in [2.75, 3.05) is 6.61 Å². The molecule has 0 amide bonds. The first-order valence-corrected chi connectivity index (χ1v) is 5.05. The lowest BCUT2D eigenvalue weighted by molar-refractivity contribution is -0.149. The summed E-state index contributed by atoms with van der Waals surface area (Å²) in [5, 5.41) is 3.47. The SMILES string of the molecule is CCOC(=O)CC(=O)Oc1ccsc1. The molecule has 14 heavy (non-hydrogen) atoms. The minimum atomic E-state index is -0.596. The van der Waals surface area contributed by atoms with Crippen molar-refractivity contribution in [2.45, 2.75) is 13.3 Å². The van der Waals surface area contributed by atoms with Gasteiger partial charge in [0.1, 0.15) is 12.2 Å². The van der Waals surface area contributed by atoms with E-state index in [0.717, 1.165) is 0 Å². The number of hydrogen-bond acceptors (Lipinski definition) is 5. The number of rotatable bonds is 4. The first-order chi connectivity index (χ1) is 6.72. The molecule has 76 valence electrons. The molecular weight excluding hydrogens is 204 g/mol. The van der Waals surface area contributed by atoms with Crippen LogP contribution < -0.4 is 4.74 Å². The Balaban J connectivity index is 2.33. The number of carbonyl (C=O) groups excluding carboxylic acids is 2. The normalized spacial score (nSPS) is 9.50. The number of thiophene rings is 1. The van der Waals surface area contributed by atoms with Crippen LogP contribution in [0.5, 0.6) is 5.75 Å². The van der Waals surface area contributed by atoms with E-state index in [4.69, 9.17) is 4.74 Å². The third-order valence-corrected chi connectivity index (χ3v) is 1.98. The summed E-state index contributed by atoms with van der Waals surface area (Å²) < 4.78 is 9.44. The van der Waals surface area contributed by atoms with Crippen LogP contribution in [0.2, 0.25) is 0 Å². The highest BCUT2D eigenvalue weighted by Gasteiger charge is 2.12. The van der Waals surface area contributed by atoms with Crippen molar-refractivity contribution in [3.8, 4) is 5.75 Å². The monoisotopic (exact) mass is 214 g/mol. The Morgan fingerprint density at radius 2 is 2.21 bits per heavy atom. The van der Waals surface area contributed by atoms with Crippen molar-refractivity contribution in [1.82, 2.24) is 0 Å². The van der Waals surface area contributed by atoms with Crippen molar-refractivity contribution in [2.24, 2.45) is 0 Å². The standard InChI is InChI=1S/C9H10O4S/c1-2-12-8(10)5-9(11)13-7-3-4-14-6-7/h3-4,6H,2,5H2,1H3. The van der Waals surface area contributed by atoms with Crippen LogP contribution in [-0.2, 0) is 14.3 Å². The van der Waals surface area contributed by atoms with Gasteiger partial charge in [-0.25, -0.2) is 0 Å². The molecule has 0 radical (unpaired) electrons. The maximum atomic E-state index is 11.1. The molecule has 0 aliphatic rings. The Bertz CT molecular complexity index is 305. The largest absolute Gasteiger partial charge is 0.466 e. The van der Waals surface area contributed by atoms with Crippen molar-refractivity contribution in [3.05, 3.63) is 16.8 Å². The summed E-state index contributed by atoms with van der Waals surface area (Å²) >= 11 is 1.42. The van der Waals surface area contributed by atoms with E-state index < -0.39 is 11.9 Å². The fraction of sp³-hybridized carbons (Fsp3) is 0.333. The molecule has 1 aromatic heterocycles. The lowest BCUT2D eigenvalue weighted by atomic mass is 10.4. The summed E-state index contributed by atoms with van der Waals surface area (Å²) in [5.41, 5.74) is 0. The van der Waals surface area contributed by atoms with Crippen LogP contribution in [-0.4, -0.2) is 18.5 Å². The average Bonchev–Trinajstić information content (AvgIpc) is 2.56. The second-order valence-electron chi connectivity index (χ2n) is 2.41. The molecule has 1 heterocycles. The van der Waals surface area contributed by atoms with Gasteiger partial charge in [-0.2, -0.15) is 0 Å². The van der Waals surface area contributed by atoms with Crippen LogP contribution in [0.4, 0.5) is 0 Å². The lowest BCUT2D eigenvalue weighted by Gasteiger charge is -2.01. The van der Waals surface area contributed by atoms with E-state index in [2.05, 4.69) is 4.74 Å². The Kier molecular flexibility index (Phi) is 4.12. The molecule has 0 spiro atoms. The fourth-order valence-corrected chi connectivity index (χ4v) is 1.36. The summed E-state index contributed by atoms with van der Waals surface area (Å²) in [6.45, 7) is 1.95. The van der Waals surface area contributed by atoms with Crippen molar-refractivity contribution in [1.29, 1.82) is 0 Å². The minimum Gasteiger partial charge on any atom is -0.466 e. The molecule has 0 N–H and O–H groups in total. The van der Waals surface area contributed by atoms with Crippen LogP contribution in [0.25, 0.3) is 0 Å². The summed E-state index contributed by atoms with van der Waals surface area (Å²) in [5.74, 6) is -0.695. The van der Waals surface area contributed by atoms with Gasteiger partial charge in [0, 0.05) is 5.38 Å². The number of ether oxygens (including phenoxy) is 2. The topological polar surface area (TPSA) is 52.6 Å². The number of carbonyl (C=O) groups is 2. The number of hydrogen-bond donors (Lipinski definition) is 0. The lowest BCUT2D eigenvalue weighted by Crippen LogP contribution is -2.15. The molecule has 5 heteroatoms. The van der Waals surface area contributed by atoms with Gasteiger partial charge in [0.15, 0.2) is 0 Å². The molecule has 1 aromatic rings. The second-order valence-corrected chi connectivity index (χ2v) is 3.19. The molecule has 0 atom stereocenters. The highest BCUT2D eigenvalue weighted by Crippen LogP contribution is 2.15. The summed E-state index contributed by atoms with van der Waals surface area (Å²) in [6, 6.07) is 1.66. The van der Waals surface area contributed by atoms with Crippen LogP contribution in [0.1, 0.15) is 13.3 Å². The van der Waals surface area contributed by atoms with Gasteiger partial charge >= 0.3 is 11.9 Å². The first kappa shape index (κ1) is 10.7. The maximum absolute atomic E-state index is 11.1. The zero-order valence-electron chi connectivity index (χ0n) is 7.69. The highest BCUT2D eigenvalue weighted by atomic mass is 32.1. The quantitative estimate of drug-likeness (QED) is 0.564. The van der Waals surface area contributed by atoms with Crippen molar-refractivity contribution >= 4 is 23.3 Å². The van der Waals surface area contributed by atoms with Gasteiger partial charge in [0.2, 0.25) is 0 Å². The zero-order valence-corrected chi connectivity index (χ0v) is 8.50. The van der Waals surface area contributed by atoms with Gasteiger partial charge in [0.05, 0.1) is 6.61 Å². The van der Waals surface area contributed by atoms with E-state index >= 15 is 0 Å². The average molecular weight is 214 g/mol. The molecule has 0 aliphatic heterocycles. The van der Waals surface area contributed by atoms with Crippen LogP contribution in [0.15, 0.2) is 16.8 Å². The Morgan fingerprint density at radius 3 is 2.79 bits per heavy atom. The van der Waals surface area contributed by atoms with Gasteiger partial charge in [-0.15, -0.1) is 11.3 Å². The predicted molar refractivity (Wildman–Crippen MR) is 51.2 cm³/mol. The third kappa shape index (κ3) is 3.57. The van der Waals surface area contributed by atoms with E-state index in [-0.39, 0.29) is 13.0 Å². The van der Waals surface area contributed by atoms with Crippen LogP contribution in [0, 0.1) is 0 Å². The van der Waals surface area contributed by atoms with E-state index in [9.17, 15) is 9.59 Å². The first-order valence-electron chi connectivity index (χ1n) is 4.11. The minimum absolute atomic E-state index is 0.268. The maximum Gasteiger partial charge on any atom is 0.322 e. The molecule has 0 saturated heterocycles. The Morgan fingerprint density at radius 1 is 1.43 bits per heavy atom. The number of esters is 2. The van der Waals surface area contributed by atoms with Crippen LogP contribution >= 0.6 is 11.3 Å². The molecule has 0 aromatic carbocycles. The summed E-state index contributed by atoms with van der Waals surface area (Å²) in [6.07, 6.45) is -0.344. The van der Waals surface area contributed by atoms with E-state index in [1.165, 1.54) is 11.3 Å². The van der Waals surface area contributed by atoms with Gasteiger partial charge < -0.3 is 9.47 Å². The molecule has 0 aliphatic carbocycles. The van der Waals surface area contributed by atoms with Crippen molar-refractivity contribution in [3.63, 3.8) is 0 Å². The molecule has 0 bridgehead atoms. The molecule has 0 unspecified atom stereocenters. The molecule has 1 rings (SSSR count). The van der Waals surface area contributed by atoms with Crippen molar-refractivity contribution < 1.29 is 19.1 Å². The molecule has 4 nitrogen and oxygen atoms in total.